The van der Waals surface area contributed by atoms with Crippen molar-refractivity contribution in [2.75, 3.05) is 5.32 Å². The van der Waals surface area contributed by atoms with Gasteiger partial charge in [-0.05, 0) is 42.5 Å². The lowest BCUT2D eigenvalue weighted by Gasteiger charge is -2.12. The highest BCUT2D eigenvalue weighted by molar-refractivity contribution is 5.69. The molecule has 0 spiro atoms. The van der Waals surface area contributed by atoms with Gasteiger partial charge in [0.1, 0.15) is 23.1 Å². The van der Waals surface area contributed by atoms with Gasteiger partial charge in [-0.25, -0.2) is 18.7 Å². The average Bonchev–Trinajstić information content (AvgIpc) is 3.10. The first-order chi connectivity index (χ1) is 15.2. The molecular weight excluding hydrogens is 433 g/mol. The second kappa shape index (κ2) is 7.90. The molecule has 4 rings (SSSR count). The Balaban J connectivity index is 1.80. The predicted molar refractivity (Wildman–Crippen MR) is 104 cm³/mol. The number of alkyl halides is 3. The summed E-state index contributed by atoms with van der Waals surface area (Å²) in [6.07, 6.45) is -3.70. The quantitative estimate of drug-likeness (QED) is 0.441. The number of hydrogen-bond donors (Lipinski definition) is 2. The summed E-state index contributed by atoms with van der Waals surface area (Å²) in [6.45, 7) is -0.496. The highest BCUT2D eigenvalue weighted by Crippen LogP contribution is 2.33. The molecule has 0 saturated heterocycles. The summed E-state index contributed by atoms with van der Waals surface area (Å²) in [4.78, 5) is 8.52. The Kier molecular flexibility index (Phi) is 5.23. The number of imidazole rings is 1. The number of nitriles is 1. The van der Waals surface area contributed by atoms with Gasteiger partial charge in [-0.15, -0.1) is 0 Å². The van der Waals surface area contributed by atoms with Crippen LogP contribution >= 0.6 is 0 Å². The normalized spacial score (nSPS) is 11.5. The van der Waals surface area contributed by atoms with Gasteiger partial charge in [0.25, 0.3) is 0 Å². The van der Waals surface area contributed by atoms with Gasteiger partial charge in [0.15, 0.2) is 0 Å². The Morgan fingerprint density at radius 3 is 2.50 bits per heavy atom. The second-order valence-corrected chi connectivity index (χ2v) is 6.70. The molecule has 0 aliphatic rings. The maximum atomic E-state index is 13.9. The van der Waals surface area contributed by atoms with Crippen LogP contribution in [0.15, 0.2) is 48.7 Å². The number of aliphatic hydroxyl groups is 1. The zero-order chi connectivity index (χ0) is 23.0. The molecule has 32 heavy (non-hydrogen) atoms. The number of fused-ring (bicyclic) bond motifs is 1. The van der Waals surface area contributed by atoms with E-state index in [0.717, 1.165) is 12.3 Å². The fourth-order valence-corrected chi connectivity index (χ4v) is 3.20. The lowest BCUT2D eigenvalue weighted by atomic mass is 10.1. The molecule has 2 N–H and O–H groups in total. The van der Waals surface area contributed by atoms with Crippen molar-refractivity contribution in [2.45, 2.75) is 12.8 Å². The Morgan fingerprint density at radius 1 is 1.06 bits per heavy atom. The van der Waals surface area contributed by atoms with E-state index in [9.17, 15) is 32.3 Å². The summed E-state index contributed by atoms with van der Waals surface area (Å²) in [5.41, 5.74) is -0.473. The van der Waals surface area contributed by atoms with E-state index in [1.54, 1.807) is 0 Å². The number of halogens is 5. The third-order valence-electron chi connectivity index (χ3n) is 4.55. The van der Waals surface area contributed by atoms with Crippen LogP contribution in [0.2, 0.25) is 0 Å². The molecule has 11 heteroatoms. The van der Waals surface area contributed by atoms with Crippen molar-refractivity contribution in [3.05, 3.63) is 77.1 Å². The third-order valence-corrected chi connectivity index (χ3v) is 4.55. The standard InChI is InChI=1S/C21H12F5N5O/c22-12-1-4-19-30-17(10-32)20(31(19)9-12)16-5-11(8-27)6-18(29-16)28-13-2-3-14(15(23)7-13)21(24,25)26/h1-7,9,32H,10H2,(H,28,29). The van der Waals surface area contributed by atoms with Gasteiger partial charge < -0.3 is 10.4 Å². The van der Waals surface area contributed by atoms with Gasteiger partial charge in [-0.1, -0.05) is 0 Å². The molecule has 3 aromatic heterocycles. The van der Waals surface area contributed by atoms with Crippen molar-refractivity contribution in [1.29, 1.82) is 5.26 Å². The van der Waals surface area contributed by atoms with Crippen LogP contribution in [0.5, 0.6) is 0 Å². The number of hydrogen-bond acceptors (Lipinski definition) is 5. The minimum atomic E-state index is -4.84. The number of nitrogens with zero attached hydrogens (tertiary/aromatic N) is 4. The van der Waals surface area contributed by atoms with E-state index in [-0.39, 0.29) is 34.2 Å². The molecule has 0 radical (unpaired) electrons. The zero-order valence-corrected chi connectivity index (χ0v) is 16.0. The zero-order valence-electron chi connectivity index (χ0n) is 16.0. The molecule has 162 valence electrons. The lowest BCUT2D eigenvalue weighted by Crippen LogP contribution is -2.08. The summed E-state index contributed by atoms with van der Waals surface area (Å²) >= 11 is 0. The molecule has 0 fully saturated rings. The Labute approximate surface area is 177 Å². The number of rotatable bonds is 4. The van der Waals surface area contributed by atoms with Crippen molar-refractivity contribution >= 4 is 17.2 Å². The van der Waals surface area contributed by atoms with Crippen LogP contribution in [0.4, 0.5) is 33.5 Å². The maximum Gasteiger partial charge on any atom is 0.419 e. The molecule has 1 aromatic carbocycles. The summed E-state index contributed by atoms with van der Waals surface area (Å²) in [6, 6.07) is 9.47. The van der Waals surface area contributed by atoms with Crippen molar-refractivity contribution in [3.8, 4) is 17.5 Å². The number of benzene rings is 1. The predicted octanol–water partition coefficient (Wildman–Crippen LogP) is 4.80. The lowest BCUT2D eigenvalue weighted by molar-refractivity contribution is -0.139. The van der Waals surface area contributed by atoms with E-state index in [4.69, 9.17) is 0 Å². The van der Waals surface area contributed by atoms with Gasteiger partial charge in [0, 0.05) is 11.9 Å². The van der Waals surface area contributed by atoms with Crippen molar-refractivity contribution in [2.24, 2.45) is 0 Å². The van der Waals surface area contributed by atoms with Crippen LogP contribution in [0.3, 0.4) is 0 Å². The molecule has 4 aromatic rings. The first-order valence-corrected chi connectivity index (χ1v) is 9.03. The SMILES string of the molecule is N#Cc1cc(Nc2ccc(C(F)(F)F)c(F)c2)nc(-c2c(CO)nc3ccc(F)cn23)c1. The molecule has 0 atom stereocenters. The molecule has 0 aliphatic carbocycles. The average molecular weight is 445 g/mol. The molecule has 0 unspecified atom stereocenters. The number of nitrogens with one attached hydrogen (secondary N) is 1. The third kappa shape index (κ3) is 3.95. The molecule has 0 amide bonds. The summed E-state index contributed by atoms with van der Waals surface area (Å²) in [7, 11) is 0. The van der Waals surface area contributed by atoms with Crippen molar-refractivity contribution < 1.29 is 27.1 Å². The minimum absolute atomic E-state index is 0.0217. The van der Waals surface area contributed by atoms with E-state index in [0.29, 0.717) is 17.8 Å². The smallest absolute Gasteiger partial charge is 0.390 e. The first kappa shape index (κ1) is 21.2. The molecular formula is C21H12F5N5O. The van der Waals surface area contributed by atoms with Gasteiger partial charge in [-0.3, -0.25) is 4.40 Å². The fourth-order valence-electron chi connectivity index (χ4n) is 3.20. The fraction of sp³-hybridized carbons (Fsp3) is 0.0952. The van der Waals surface area contributed by atoms with E-state index in [1.807, 2.05) is 6.07 Å². The number of pyridine rings is 2. The highest BCUT2D eigenvalue weighted by atomic mass is 19.4. The molecule has 0 saturated carbocycles. The molecule has 0 bridgehead atoms. The topological polar surface area (TPSA) is 86.2 Å². The van der Waals surface area contributed by atoms with Crippen LogP contribution in [-0.4, -0.2) is 19.5 Å². The van der Waals surface area contributed by atoms with Gasteiger partial charge in [0.2, 0.25) is 0 Å². The summed E-state index contributed by atoms with van der Waals surface area (Å²) in [5.74, 6) is -2.02. The monoisotopic (exact) mass is 445 g/mol. The Hall–Kier alpha value is -4.04. The number of anilines is 2. The van der Waals surface area contributed by atoms with E-state index in [1.165, 1.54) is 28.7 Å². The van der Waals surface area contributed by atoms with Crippen LogP contribution < -0.4 is 5.32 Å². The molecule has 3 heterocycles. The van der Waals surface area contributed by atoms with E-state index in [2.05, 4.69) is 15.3 Å². The Morgan fingerprint density at radius 2 is 1.84 bits per heavy atom. The first-order valence-electron chi connectivity index (χ1n) is 9.03. The van der Waals surface area contributed by atoms with Crippen LogP contribution in [0, 0.1) is 23.0 Å². The molecule has 6 nitrogen and oxygen atoms in total. The summed E-state index contributed by atoms with van der Waals surface area (Å²) < 4.78 is 67.4. The second-order valence-electron chi connectivity index (χ2n) is 6.70. The van der Waals surface area contributed by atoms with Gasteiger partial charge >= 0.3 is 6.18 Å². The van der Waals surface area contributed by atoms with E-state index < -0.39 is 30.0 Å². The van der Waals surface area contributed by atoms with Crippen LogP contribution in [-0.2, 0) is 12.8 Å². The van der Waals surface area contributed by atoms with Crippen molar-refractivity contribution in [1.82, 2.24) is 14.4 Å². The Bertz CT molecular complexity index is 1370. The minimum Gasteiger partial charge on any atom is -0.390 e. The highest BCUT2D eigenvalue weighted by Gasteiger charge is 2.34. The van der Waals surface area contributed by atoms with Gasteiger partial charge in [0.05, 0.1) is 40.9 Å². The summed E-state index contributed by atoms with van der Waals surface area (Å²) in [5, 5.41) is 21.7. The van der Waals surface area contributed by atoms with Crippen LogP contribution in [0.1, 0.15) is 16.8 Å². The number of aliphatic hydroxyl groups excluding tert-OH is 1. The maximum absolute atomic E-state index is 13.9. The van der Waals surface area contributed by atoms with E-state index >= 15 is 0 Å². The van der Waals surface area contributed by atoms with Gasteiger partial charge in [-0.2, -0.15) is 18.4 Å². The molecule has 0 aliphatic heterocycles. The van der Waals surface area contributed by atoms with Crippen LogP contribution in [0.25, 0.3) is 17.0 Å². The van der Waals surface area contributed by atoms with Crippen molar-refractivity contribution in [3.63, 3.8) is 0 Å². The largest absolute Gasteiger partial charge is 0.419 e. The number of aromatic nitrogens is 3.